The molecule has 0 N–H and O–H groups in total. The van der Waals surface area contributed by atoms with Gasteiger partial charge < -0.3 is 19.3 Å². The normalized spacial score (nSPS) is 14.0. The standard InChI is InChI=1S/C21H23FN2O4/c1-15-3-4-16(21(26)27-2)13-19(15)28-14-20(25)24-11-9-23(10-12-24)18-7-5-17(22)6-8-18/h3-8,13H,9-12,14H2,1-2H3. The number of ether oxygens (including phenoxy) is 2. The summed E-state index contributed by atoms with van der Waals surface area (Å²) in [5.41, 5.74) is 2.16. The highest BCUT2D eigenvalue weighted by atomic mass is 19.1. The number of carbonyl (C=O) groups is 2. The highest BCUT2D eigenvalue weighted by Gasteiger charge is 2.22. The minimum absolute atomic E-state index is 0.0952. The van der Waals surface area contributed by atoms with Crippen LogP contribution in [0.5, 0.6) is 5.75 Å². The van der Waals surface area contributed by atoms with Crippen molar-refractivity contribution in [2.24, 2.45) is 0 Å². The van der Waals surface area contributed by atoms with E-state index in [-0.39, 0.29) is 18.3 Å². The first-order chi connectivity index (χ1) is 13.5. The van der Waals surface area contributed by atoms with Gasteiger partial charge in [-0.1, -0.05) is 6.07 Å². The molecule has 2 aromatic rings. The van der Waals surface area contributed by atoms with Gasteiger partial charge in [0.15, 0.2) is 6.61 Å². The van der Waals surface area contributed by atoms with Crippen molar-refractivity contribution in [3.8, 4) is 5.75 Å². The summed E-state index contributed by atoms with van der Waals surface area (Å²) in [5.74, 6) is -0.336. The van der Waals surface area contributed by atoms with Gasteiger partial charge in [-0.3, -0.25) is 4.79 Å². The second-order valence-corrected chi connectivity index (χ2v) is 6.60. The molecule has 28 heavy (non-hydrogen) atoms. The van der Waals surface area contributed by atoms with Crippen LogP contribution in [-0.4, -0.2) is 56.7 Å². The average molecular weight is 386 g/mol. The molecule has 0 aliphatic carbocycles. The van der Waals surface area contributed by atoms with Gasteiger partial charge in [-0.05, 0) is 48.9 Å². The molecule has 0 aromatic heterocycles. The van der Waals surface area contributed by atoms with E-state index in [2.05, 4.69) is 4.90 Å². The zero-order valence-corrected chi connectivity index (χ0v) is 16.0. The number of anilines is 1. The number of aryl methyl sites for hydroxylation is 1. The summed E-state index contributed by atoms with van der Waals surface area (Å²) in [7, 11) is 1.32. The Balaban J connectivity index is 1.54. The van der Waals surface area contributed by atoms with Crippen LogP contribution in [0.4, 0.5) is 10.1 Å². The molecule has 0 spiro atoms. The van der Waals surface area contributed by atoms with Crippen LogP contribution in [0.25, 0.3) is 0 Å². The van der Waals surface area contributed by atoms with Gasteiger partial charge in [0.2, 0.25) is 0 Å². The lowest BCUT2D eigenvalue weighted by Gasteiger charge is -2.36. The van der Waals surface area contributed by atoms with Crippen LogP contribution in [0.3, 0.4) is 0 Å². The van der Waals surface area contributed by atoms with E-state index in [0.29, 0.717) is 37.5 Å². The van der Waals surface area contributed by atoms with E-state index in [1.165, 1.54) is 19.2 Å². The molecule has 2 aromatic carbocycles. The summed E-state index contributed by atoms with van der Waals surface area (Å²) >= 11 is 0. The number of hydrogen-bond acceptors (Lipinski definition) is 5. The first-order valence-electron chi connectivity index (χ1n) is 9.08. The lowest BCUT2D eigenvalue weighted by molar-refractivity contribution is -0.133. The van der Waals surface area contributed by atoms with Gasteiger partial charge in [-0.15, -0.1) is 0 Å². The van der Waals surface area contributed by atoms with Crippen LogP contribution in [0.1, 0.15) is 15.9 Å². The molecule has 0 atom stereocenters. The molecule has 1 amide bonds. The molecule has 1 saturated heterocycles. The third kappa shape index (κ3) is 4.60. The number of carbonyl (C=O) groups excluding carboxylic acids is 2. The van der Waals surface area contributed by atoms with Gasteiger partial charge in [0.05, 0.1) is 12.7 Å². The molecule has 1 heterocycles. The predicted octanol–water partition coefficient (Wildman–Crippen LogP) is 2.65. The maximum atomic E-state index is 13.1. The molecule has 148 valence electrons. The molecule has 3 rings (SSSR count). The van der Waals surface area contributed by atoms with E-state index in [1.54, 1.807) is 35.2 Å². The smallest absolute Gasteiger partial charge is 0.337 e. The summed E-state index contributed by atoms with van der Waals surface area (Å²) in [6.45, 7) is 4.24. The Morgan fingerprint density at radius 3 is 2.36 bits per heavy atom. The zero-order chi connectivity index (χ0) is 20.1. The minimum atomic E-state index is -0.451. The van der Waals surface area contributed by atoms with Crippen molar-refractivity contribution in [1.82, 2.24) is 4.90 Å². The SMILES string of the molecule is COC(=O)c1ccc(C)c(OCC(=O)N2CCN(c3ccc(F)cc3)CC2)c1. The fraction of sp³-hybridized carbons (Fsp3) is 0.333. The first-order valence-corrected chi connectivity index (χ1v) is 9.08. The Hall–Kier alpha value is -3.09. The van der Waals surface area contributed by atoms with E-state index >= 15 is 0 Å². The minimum Gasteiger partial charge on any atom is -0.483 e. The number of amides is 1. The zero-order valence-electron chi connectivity index (χ0n) is 16.0. The molecule has 0 bridgehead atoms. The molecule has 6 nitrogen and oxygen atoms in total. The molecule has 1 aliphatic heterocycles. The molecule has 7 heteroatoms. The summed E-state index contributed by atoms with van der Waals surface area (Å²) in [6.07, 6.45) is 0. The Morgan fingerprint density at radius 1 is 1.04 bits per heavy atom. The second-order valence-electron chi connectivity index (χ2n) is 6.60. The van der Waals surface area contributed by atoms with E-state index in [4.69, 9.17) is 9.47 Å². The fourth-order valence-corrected chi connectivity index (χ4v) is 3.10. The van der Waals surface area contributed by atoms with Crippen LogP contribution >= 0.6 is 0 Å². The average Bonchev–Trinajstić information content (AvgIpc) is 2.73. The Kier molecular flexibility index (Phi) is 6.13. The van der Waals surface area contributed by atoms with E-state index in [0.717, 1.165) is 11.3 Å². The van der Waals surface area contributed by atoms with E-state index in [1.807, 2.05) is 6.92 Å². The number of piperazine rings is 1. The maximum absolute atomic E-state index is 13.1. The van der Waals surface area contributed by atoms with Crippen LogP contribution < -0.4 is 9.64 Å². The molecular weight excluding hydrogens is 363 g/mol. The van der Waals surface area contributed by atoms with Gasteiger partial charge in [-0.2, -0.15) is 0 Å². The molecule has 0 unspecified atom stereocenters. The monoisotopic (exact) mass is 386 g/mol. The number of hydrogen-bond donors (Lipinski definition) is 0. The summed E-state index contributed by atoms with van der Waals surface area (Å²) < 4.78 is 23.4. The predicted molar refractivity (Wildman–Crippen MR) is 103 cm³/mol. The lowest BCUT2D eigenvalue weighted by Crippen LogP contribution is -2.50. The third-order valence-electron chi connectivity index (χ3n) is 4.78. The second kappa shape index (κ2) is 8.73. The van der Waals surface area contributed by atoms with Gasteiger partial charge in [-0.25, -0.2) is 9.18 Å². The fourth-order valence-electron chi connectivity index (χ4n) is 3.10. The van der Waals surface area contributed by atoms with Crippen molar-refractivity contribution < 1.29 is 23.5 Å². The summed E-state index contributed by atoms with van der Waals surface area (Å²) in [6, 6.07) is 11.4. The molecule has 0 saturated carbocycles. The highest BCUT2D eigenvalue weighted by Crippen LogP contribution is 2.21. The van der Waals surface area contributed by atoms with Gasteiger partial charge in [0.1, 0.15) is 11.6 Å². The lowest BCUT2D eigenvalue weighted by atomic mass is 10.1. The molecule has 1 fully saturated rings. The van der Waals surface area contributed by atoms with Crippen molar-refractivity contribution in [2.75, 3.05) is 44.8 Å². The molecule has 1 aliphatic rings. The quantitative estimate of drug-likeness (QED) is 0.740. The Morgan fingerprint density at radius 2 is 1.71 bits per heavy atom. The number of methoxy groups -OCH3 is 1. The molecule has 0 radical (unpaired) electrons. The van der Waals surface area contributed by atoms with Crippen LogP contribution in [0, 0.1) is 12.7 Å². The number of nitrogens with zero attached hydrogens (tertiary/aromatic N) is 2. The molecular formula is C21H23FN2O4. The maximum Gasteiger partial charge on any atom is 0.337 e. The van der Waals surface area contributed by atoms with E-state index < -0.39 is 5.97 Å². The highest BCUT2D eigenvalue weighted by molar-refractivity contribution is 5.90. The van der Waals surface area contributed by atoms with Crippen LogP contribution in [0.15, 0.2) is 42.5 Å². The van der Waals surface area contributed by atoms with Crippen LogP contribution in [0.2, 0.25) is 0 Å². The van der Waals surface area contributed by atoms with Crippen LogP contribution in [-0.2, 0) is 9.53 Å². The van der Waals surface area contributed by atoms with Crippen molar-refractivity contribution in [2.45, 2.75) is 6.92 Å². The number of benzene rings is 2. The van der Waals surface area contributed by atoms with Gasteiger partial charge in [0.25, 0.3) is 5.91 Å². The Labute approximate surface area is 163 Å². The van der Waals surface area contributed by atoms with Crippen molar-refractivity contribution >= 4 is 17.6 Å². The number of esters is 1. The summed E-state index contributed by atoms with van der Waals surface area (Å²) in [4.78, 5) is 28.0. The number of rotatable bonds is 5. The summed E-state index contributed by atoms with van der Waals surface area (Å²) in [5, 5.41) is 0. The Bertz CT molecular complexity index is 846. The third-order valence-corrected chi connectivity index (χ3v) is 4.78. The van der Waals surface area contributed by atoms with E-state index in [9.17, 15) is 14.0 Å². The van der Waals surface area contributed by atoms with Gasteiger partial charge in [0, 0.05) is 31.9 Å². The number of halogens is 1. The van der Waals surface area contributed by atoms with Crippen molar-refractivity contribution in [3.63, 3.8) is 0 Å². The van der Waals surface area contributed by atoms with Gasteiger partial charge >= 0.3 is 5.97 Å². The first kappa shape index (κ1) is 19.7. The largest absolute Gasteiger partial charge is 0.483 e. The van der Waals surface area contributed by atoms with Crippen molar-refractivity contribution in [3.05, 3.63) is 59.4 Å². The van der Waals surface area contributed by atoms with Crippen molar-refractivity contribution in [1.29, 1.82) is 0 Å². The topological polar surface area (TPSA) is 59.1 Å².